The number of nitrogens with zero attached hydrogens (tertiary/aromatic N) is 3. The number of nitrogens with one attached hydrogen (secondary N) is 2. The van der Waals surface area contributed by atoms with Gasteiger partial charge < -0.3 is 60.6 Å². The predicted octanol–water partition coefficient (Wildman–Crippen LogP) is 8.31. The molecular weight excluding hydrogens is 1120 g/mol. The molecule has 4 amide bonds. The van der Waals surface area contributed by atoms with E-state index in [1.54, 1.807) is 81.4 Å². The lowest BCUT2D eigenvalue weighted by molar-refractivity contribution is -0.164. The lowest BCUT2D eigenvalue weighted by Crippen LogP contribution is -2.68. The number of Topliss-reactive ketones (excluding diaryl/α,β-unsaturated/α-hetero) is 1. The summed E-state index contributed by atoms with van der Waals surface area (Å²) in [4.78, 5) is 110. The Morgan fingerprint density at radius 2 is 0.976 bits per heavy atom. The number of carboxylic acid groups (broad SMARTS) is 3. The number of amides is 4. The van der Waals surface area contributed by atoms with Crippen LogP contribution in [-0.2, 0) is 56.2 Å². The average molecular weight is 1190 g/mol. The van der Waals surface area contributed by atoms with Crippen molar-refractivity contribution < 1.29 is 72.7 Å². The van der Waals surface area contributed by atoms with Crippen molar-refractivity contribution >= 4 is 88.2 Å². The first-order valence-electron chi connectivity index (χ1n) is 26.4. The van der Waals surface area contributed by atoms with Crippen LogP contribution in [0.3, 0.4) is 0 Å². The number of β-lactam (4-membered cyclic amide) rings is 2. The standard InChI is InChI=1S/C25H26N2O6S.C16H15NO4.C8H12N2O3S.C6H15N.C3H5ClO2/c1-25(2)20(23(30)31)27-21(29)17(22(27)34-25)13-18(28)19(16-11-7-4-8-12-16)26-24(32)33-14-15-9-5-3-6-10-15;18-15(19)14(13-9-5-2-6-10-13)17-16(20)21-11-12-7-3-1-4-8-12;1-8(2)4(7(12)13)10-5(11)3(9)6(10)14-8;1-4-7(5-2)6-3;1-2-6-3(4)5/h3-12,17,19-20,22H,13-14H2,1-2H3,(H,26,32)(H,30,31);1-10,14H,11H2,(H,17,20)(H,18,19);3-4,6H,9H2,1-2H3,(H,12,13);4-6H2,1-3H3;2H2,1H3/t17-,19+,20+,22-;14-;3-,4+,6-;;/m101../s1. The first-order valence-corrected chi connectivity index (χ1v) is 28.5. The lowest BCUT2D eigenvalue weighted by Gasteiger charge is -2.43. The maximum absolute atomic E-state index is 13.3. The van der Waals surface area contributed by atoms with Gasteiger partial charge in [-0.25, -0.2) is 28.8 Å². The topological polar surface area (TPSA) is 302 Å². The monoisotopic (exact) mass is 1190 g/mol. The van der Waals surface area contributed by atoms with Gasteiger partial charge in [0.15, 0.2) is 11.8 Å². The molecule has 4 aliphatic heterocycles. The molecule has 0 aliphatic carbocycles. The van der Waals surface area contributed by atoms with Crippen LogP contribution in [0.25, 0.3) is 0 Å². The highest BCUT2D eigenvalue weighted by atomic mass is 35.5. The van der Waals surface area contributed by atoms with Crippen LogP contribution in [-0.4, -0.2) is 148 Å². The molecule has 0 aromatic heterocycles. The molecule has 0 saturated carbocycles. The van der Waals surface area contributed by atoms with Gasteiger partial charge in [-0.15, -0.1) is 23.5 Å². The fourth-order valence-electron chi connectivity index (χ4n) is 9.13. The second-order valence-electron chi connectivity index (χ2n) is 19.7. The minimum atomic E-state index is -1.14. The molecule has 21 nitrogen and oxygen atoms in total. The molecule has 0 spiro atoms. The van der Waals surface area contributed by atoms with Crippen LogP contribution in [0.5, 0.6) is 0 Å². The number of fused-ring (bicyclic) bond motifs is 2. The van der Waals surface area contributed by atoms with Crippen molar-refractivity contribution in [3.63, 3.8) is 0 Å². The Morgan fingerprint density at radius 1 is 0.598 bits per heavy atom. The molecule has 8 rings (SSSR count). The maximum Gasteiger partial charge on any atom is 0.408 e. The normalized spacial score (nSPS) is 20.8. The van der Waals surface area contributed by atoms with E-state index < -0.39 is 81.1 Å². The van der Waals surface area contributed by atoms with Gasteiger partial charge in [-0.2, -0.15) is 0 Å². The Hall–Kier alpha value is -7.18. The van der Waals surface area contributed by atoms with Gasteiger partial charge >= 0.3 is 35.5 Å². The summed E-state index contributed by atoms with van der Waals surface area (Å²) in [6, 6.07) is 31.3. The van der Waals surface area contributed by atoms with Crippen molar-refractivity contribution in [1.82, 2.24) is 25.3 Å². The van der Waals surface area contributed by atoms with E-state index >= 15 is 0 Å². The third-order valence-electron chi connectivity index (χ3n) is 13.3. The first-order chi connectivity index (χ1) is 38.8. The first kappa shape index (κ1) is 67.3. The van der Waals surface area contributed by atoms with Crippen molar-refractivity contribution in [3.8, 4) is 0 Å². The van der Waals surface area contributed by atoms with E-state index in [9.17, 15) is 53.4 Å². The molecule has 0 radical (unpaired) electrons. The number of halogens is 1. The summed E-state index contributed by atoms with van der Waals surface area (Å²) in [7, 11) is 0. The van der Waals surface area contributed by atoms with E-state index in [-0.39, 0.29) is 48.0 Å². The number of carbonyl (C=O) groups excluding carboxylic acids is 6. The summed E-state index contributed by atoms with van der Waals surface area (Å²) in [5, 5.41) is 32.3. The number of carbonyl (C=O) groups is 9. The van der Waals surface area contributed by atoms with Gasteiger partial charge in [0.1, 0.15) is 42.8 Å². The van der Waals surface area contributed by atoms with Crippen LogP contribution in [0.1, 0.15) is 96.1 Å². The van der Waals surface area contributed by atoms with E-state index in [0.717, 1.165) is 11.1 Å². The summed E-state index contributed by atoms with van der Waals surface area (Å²) >= 11 is 7.58. The van der Waals surface area contributed by atoms with Crippen LogP contribution >= 0.6 is 35.1 Å². The maximum atomic E-state index is 13.3. The Labute approximate surface area is 490 Å². The van der Waals surface area contributed by atoms with Crippen molar-refractivity contribution in [2.75, 3.05) is 26.2 Å². The third kappa shape index (κ3) is 18.7. The number of hydrogen-bond donors (Lipinski definition) is 6. The van der Waals surface area contributed by atoms with Crippen LogP contribution in [0.15, 0.2) is 121 Å². The second-order valence-corrected chi connectivity index (χ2v) is 23.6. The van der Waals surface area contributed by atoms with Gasteiger partial charge in [0.2, 0.25) is 11.8 Å². The molecule has 4 aromatic carbocycles. The van der Waals surface area contributed by atoms with Crippen molar-refractivity contribution in [1.29, 1.82) is 0 Å². The number of alkyl carbamates (subject to hydrolysis) is 2. The van der Waals surface area contributed by atoms with Crippen LogP contribution in [0.2, 0.25) is 0 Å². The number of aliphatic carboxylic acids is 3. The number of rotatable bonds is 18. The number of thioether (sulfide) groups is 2. The van der Waals surface area contributed by atoms with Crippen LogP contribution in [0, 0.1) is 5.92 Å². The zero-order valence-corrected chi connectivity index (χ0v) is 49.4. The van der Waals surface area contributed by atoms with E-state index in [2.05, 4.69) is 41.0 Å². The average Bonchev–Trinajstić information content (AvgIpc) is 4.14. The smallest absolute Gasteiger partial charge is 0.408 e. The molecule has 4 aromatic rings. The van der Waals surface area contributed by atoms with Gasteiger partial charge in [0.05, 0.1) is 17.9 Å². The Kier molecular flexibility index (Phi) is 26.2. The third-order valence-corrected chi connectivity index (χ3v) is 16.6. The fraction of sp³-hybridized carbons (Fsp3) is 0.431. The summed E-state index contributed by atoms with van der Waals surface area (Å²) < 4.78 is 13.3. The zero-order chi connectivity index (χ0) is 60.9. The number of carboxylic acids is 3. The van der Waals surface area contributed by atoms with Crippen molar-refractivity contribution in [3.05, 3.63) is 144 Å². The van der Waals surface area contributed by atoms with Gasteiger partial charge in [-0.05, 0) is 76.5 Å². The SMILES string of the molecule is CC1(C)S[C@@H]2[C@H](CC(=O)[C@@H](NC(=O)OCc3ccccc3)c3ccccc3)C(=O)N2[C@H]1C(=O)O.CC1(C)S[C@@H]2[C@H](N)C(=O)N2[C@H]1C(=O)O.CCN(CC)CC.CCOC(=O)Cl.O=C(N[C@H](C(=O)O)c1ccccc1)OCc1ccccc1. The van der Waals surface area contributed by atoms with Gasteiger partial charge in [-0.1, -0.05) is 142 Å². The highest BCUT2D eigenvalue weighted by Gasteiger charge is 2.64. The van der Waals surface area contributed by atoms with Crippen LogP contribution < -0.4 is 16.4 Å². The van der Waals surface area contributed by atoms with E-state index in [1.807, 2.05) is 74.5 Å². The summed E-state index contributed by atoms with van der Waals surface area (Å²) in [5.74, 6) is -4.71. The van der Waals surface area contributed by atoms with Gasteiger partial charge in [-0.3, -0.25) is 14.4 Å². The molecule has 8 atom stereocenters. The fourth-order valence-corrected chi connectivity index (χ4v) is 12.5. The molecule has 24 heteroatoms. The minimum Gasteiger partial charge on any atom is -0.480 e. The van der Waals surface area contributed by atoms with Gasteiger partial charge in [0, 0.05) is 27.5 Å². The van der Waals surface area contributed by atoms with E-state index in [4.69, 9.17) is 31.9 Å². The number of ether oxygens (including phenoxy) is 3. The number of hydrogen-bond acceptors (Lipinski definition) is 16. The molecule has 0 unspecified atom stereocenters. The molecule has 4 heterocycles. The number of ketones is 1. The van der Waals surface area contributed by atoms with E-state index in [1.165, 1.54) is 53.0 Å². The summed E-state index contributed by atoms with van der Waals surface area (Å²) in [6.07, 6.45) is -1.61. The predicted molar refractivity (Wildman–Crippen MR) is 310 cm³/mol. The van der Waals surface area contributed by atoms with Crippen molar-refractivity contribution in [2.24, 2.45) is 11.7 Å². The number of nitrogens with two attached hydrogens (primary N) is 1. The Morgan fingerprint density at radius 3 is 1.33 bits per heavy atom. The van der Waals surface area contributed by atoms with Crippen molar-refractivity contribution in [2.45, 2.75) is 125 Å². The lowest BCUT2D eigenvalue weighted by atomic mass is 9.86. The minimum absolute atomic E-state index is 0.0584. The number of benzene rings is 4. The van der Waals surface area contributed by atoms with Crippen LogP contribution in [0.4, 0.5) is 14.4 Å². The molecule has 4 saturated heterocycles. The molecule has 4 fully saturated rings. The van der Waals surface area contributed by atoms with E-state index in [0.29, 0.717) is 17.7 Å². The quantitative estimate of drug-likeness (QED) is 0.0310. The molecule has 444 valence electrons. The molecule has 82 heavy (non-hydrogen) atoms. The zero-order valence-electron chi connectivity index (χ0n) is 47.0. The highest BCUT2D eigenvalue weighted by Crippen LogP contribution is 2.54. The Balaban J connectivity index is 0.000000255. The Bertz CT molecular complexity index is 2780. The van der Waals surface area contributed by atoms with Gasteiger partial charge in [0.25, 0.3) is 0 Å². The second kappa shape index (κ2) is 31.9. The summed E-state index contributed by atoms with van der Waals surface area (Å²) in [5.41, 5.74) is 7.56. The highest BCUT2D eigenvalue weighted by molar-refractivity contribution is 8.02. The summed E-state index contributed by atoms with van der Waals surface area (Å²) in [6.45, 7) is 19.6. The largest absolute Gasteiger partial charge is 0.480 e. The molecule has 0 bridgehead atoms. The molecule has 7 N–H and O–H groups in total. The molecular formula is C58H73ClN6O15S2. The molecule has 4 aliphatic rings.